The zero-order valence-corrected chi connectivity index (χ0v) is 7.81. The Bertz CT molecular complexity index is 135. The Kier molecular flexibility index (Phi) is 9.60. The van der Waals surface area contributed by atoms with Crippen molar-refractivity contribution in [3.8, 4) is 0 Å². The van der Waals surface area contributed by atoms with E-state index >= 15 is 0 Å². The van der Waals surface area contributed by atoms with E-state index < -0.39 is 10.4 Å². The molecule has 0 unspecified atom stereocenters. The van der Waals surface area contributed by atoms with Crippen LogP contribution in [-0.2, 0) is 10.4 Å². The molecule has 5 nitrogen and oxygen atoms in total. The summed E-state index contributed by atoms with van der Waals surface area (Å²) in [4.78, 5) is 0. The number of hydrogen-bond donors (Lipinski definition) is 3. The van der Waals surface area contributed by atoms with Gasteiger partial charge in [0.25, 0.3) is 0 Å². The van der Waals surface area contributed by atoms with Crippen LogP contribution in [0.15, 0.2) is 0 Å². The zero-order valence-electron chi connectivity index (χ0n) is 5.41. The molecule has 0 aromatic carbocycles. The van der Waals surface area contributed by atoms with E-state index in [1.165, 1.54) is 0 Å². The number of alkyl halides is 1. The molecule has 0 amide bonds. The highest BCUT2D eigenvalue weighted by atomic mass is 79.9. The molecule has 0 aliphatic rings. The van der Waals surface area contributed by atoms with Gasteiger partial charge < -0.3 is 5.32 Å². The Morgan fingerprint density at radius 2 is 1.80 bits per heavy atom. The van der Waals surface area contributed by atoms with Crippen molar-refractivity contribution in [2.45, 2.75) is 0 Å². The van der Waals surface area contributed by atoms with E-state index in [4.69, 9.17) is 17.5 Å². The lowest BCUT2D eigenvalue weighted by atomic mass is 10.8. The van der Waals surface area contributed by atoms with Gasteiger partial charge in [-0.05, 0) is 7.05 Å². The van der Waals surface area contributed by atoms with Gasteiger partial charge in [0.05, 0.1) is 0 Å². The Hall–Kier alpha value is 0.310. The zero-order chi connectivity index (χ0) is 8.62. The maximum absolute atomic E-state index is 8.74. The van der Waals surface area contributed by atoms with Crippen LogP contribution in [0.5, 0.6) is 0 Å². The maximum Gasteiger partial charge on any atom is 0.394 e. The predicted octanol–water partition coefficient (Wildman–Crippen LogP) is -0.0521. The predicted molar refractivity (Wildman–Crippen MR) is 41.9 cm³/mol. The molecule has 0 fully saturated rings. The van der Waals surface area contributed by atoms with Crippen molar-refractivity contribution in [2.75, 3.05) is 18.9 Å². The van der Waals surface area contributed by atoms with Crippen LogP contribution in [0.25, 0.3) is 0 Å². The molecule has 0 heterocycles. The third-order valence-corrected chi connectivity index (χ3v) is 0.741. The molecular weight excluding hydrogens is 226 g/mol. The van der Waals surface area contributed by atoms with Crippen molar-refractivity contribution >= 4 is 26.3 Å². The topological polar surface area (TPSA) is 86.6 Å². The van der Waals surface area contributed by atoms with E-state index in [1.807, 2.05) is 7.05 Å². The first-order valence-corrected chi connectivity index (χ1v) is 4.84. The van der Waals surface area contributed by atoms with Crippen LogP contribution < -0.4 is 5.32 Å². The lowest BCUT2D eigenvalue weighted by Crippen LogP contribution is -2.07. The minimum absolute atomic E-state index is 1.05. The van der Waals surface area contributed by atoms with Crippen molar-refractivity contribution in [1.82, 2.24) is 5.32 Å². The summed E-state index contributed by atoms with van der Waals surface area (Å²) in [6.45, 7) is 1.06. The van der Waals surface area contributed by atoms with Crippen LogP contribution in [0.1, 0.15) is 0 Å². The number of hydrogen-bond acceptors (Lipinski definition) is 3. The molecular formula is C3H10BrNO4S. The lowest BCUT2D eigenvalue weighted by molar-refractivity contribution is 0.381. The third kappa shape index (κ3) is 83.2. The van der Waals surface area contributed by atoms with Crippen LogP contribution in [-0.4, -0.2) is 36.4 Å². The molecule has 0 radical (unpaired) electrons. The molecule has 10 heavy (non-hydrogen) atoms. The third-order valence-electron chi connectivity index (χ3n) is 0.344. The highest BCUT2D eigenvalue weighted by Crippen LogP contribution is 1.70. The molecule has 0 saturated carbocycles. The molecule has 0 aliphatic heterocycles. The second kappa shape index (κ2) is 7.42. The van der Waals surface area contributed by atoms with E-state index in [9.17, 15) is 0 Å². The Morgan fingerprint density at radius 3 is 1.80 bits per heavy atom. The van der Waals surface area contributed by atoms with Crippen LogP contribution in [0.4, 0.5) is 0 Å². The van der Waals surface area contributed by atoms with Crippen molar-refractivity contribution in [3.63, 3.8) is 0 Å². The normalized spacial score (nSPS) is 10.0. The van der Waals surface area contributed by atoms with Gasteiger partial charge in [-0.2, -0.15) is 8.42 Å². The van der Waals surface area contributed by atoms with E-state index in [0.29, 0.717) is 0 Å². The molecule has 0 saturated heterocycles. The summed E-state index contributed by atoms with van der Waals surface area (Å²) in [7, 11) is -2.73. The first kappa shape index (κ1) is 12.9. The fraction of sp³-hybridized carbons (Fsp3) is 1.00. The van der Waals surface area contributed by atoms with Crippen molar-refractivity contribution < 1.29 is 17.5 Å². The molecule has 3 N–H and O–H groups in total. The Morgan fingerprint density at radius 1 is 1.50 bits per heavy atom. The summed E-state index contributed by atoms with van der Waals surface area (Å²) in [5.74, 6) is 0. The Balaban J connectivity index is 0. The number of halogens is 1. The molecule has 0 rings (SSSR count). The van der Waals surface area contributed by atoms with E-state index in [-0.39, 0.29) is 0 Å². The second-order valence-electron chi connectivity index (χ2n) is 1.24. The minimum Gasteiger partial charge on any atom is -0.319 e. The molecule has 0 aromatic heterocycles. The lowest BCUT2D eigenvalue weighted by Gasteiger charge is -1.83. The van der Waals surface area contributed by atoms with Crippen molar-refractivity contribution in [1.29, 1.82) is 0 Å². The van der Waals surface area contributed by atoms with Crippen LogP contribution in [0, 0.1) is 0 Å². The first-order chi connectivity index (χ1) is 4.41. The molecule has 64 valence electrons. The fourth-order valence-corrected chi connectivity index (χ4v) is 0.491. The number of nitrogens with one attached hydrogen (secondary N) is 1. The average Bonchev–Trinajstić information content (AvgIpc) is 1.63. The van der Waals surface area contributed by atoms with Gasteiger partial charge in [-0.25, -0.2) is 0 Å². The molecule has 0 atom stereocenters. The Labute approximate surface area is 68.5 Å². The standard InChI is InChI=1S/C3H8BrN.H2O4S/c1-5-3-2-4;1-5(2,3)4/h5H,2-3H2,1H3;(H2,1,2,3,4). The summed E-state index contributed by atoms with van der Waals surface area (Å²) < 4.78 is 31.6. The SMILES string of the molecule is CNCCBr.O=S(=O)(O)O. The highest BCUT2D eigenvalue weighted by Gasteiger charge is 1.84. The quantitative estimate of drug-likeness (QED) is 0.462. The van der Waals surface area contributed by atoms with Gasteiger partial charge in [0.2, 0.25) is 0 Å². The molecule has 0 bridgehead atoms. The second-order valence-corrected chi connectivity index (χ2v) is 2.93. The minimum atomic E-state index is -4.67. The summed E-state index contributed by atoms with van der Waals surface area (Å²) in [5.41, 5.74) is 0. The van der Waals surface area contributed by atoms with E-state index in [0.717, 1.165) is 11.9 Å². The van der Waals surface area contributed by atoms with Gasteiger partial charge in [-0.3, -0.25) is 9.11 Å². The van der Waals surface area contributed by atoms with Crippen molar-refractivity contribution in [3.05, 3.63) is 0 Å². The highest BCUT2D eigenvalue weighted by molar-refractivity contribution is 9.09. The molecule has 7 heteroatoms. The summed E-state index contributed by atoms with van der Waals surface area (Å²) >= 11 is 3.25. The van der Waals surface area contributed by atoms with Gasteiger partial charge in [-0.15, -0.1) is 0 Å². The largest absolute Gasteiger partial charge is 0.394 e. The van der Waals surface area contributed by atoms with Gasteiger partial charge in [0.15, 0.2) is 0 Å². The smallest absolute Gasteiger partial charge is 0.319 e. The summed E-state index contributed by atoms with van der Waals surface area (Å²) in [6, 6.07) is 0. The van der Waals surface area contributed by atoms with Gasteiger partial charge in [0.1, 0.15) is 0 Å². The van der Waals surface area contributed by atoms with Crippen LogP contribution in [0.2, 0.25) is 0 Å². The first-order valence-electron chi connectivity index (χ1n) is 2.32. The van der Waals surface area contributed by atoms with Gasteiger partial charge in [0, 0.05) is 11.9 Å². The summed E-state index contributed by atoms with van der Waals surface area (Å²) in [6.07, 6.45) is 0. The molecule has 0 spiro atoms. The fourth-order valence-electron chi connectivity index (χ4n) is 0.0945. The van der Waals surface area contributed by atoms with E-state index in [1.54, 1.807) is 0 Å². The van der Waals surface area contributed by atoms with Gasteiger partial charge in [-0.1, -0.05) is 15.9 Å². The van der Waals surface area contributed by atoms with Gasteiger partial charge >= 0.3 is 10.4 Å². The van der Waals surface area contributed by atoms with Crippen molar-refractivity contribution in [2.24, 2.45) is 0 Å². The van der Waals surface area contributed by atoms with Crippen LogP contribution >= 0.6 is 15.9 Å². The molecule has 0 aromatic rings. The average molecular weight is 236 g/mol. The van der Waals surface area contributed by atoms with Crippen LogP contribution in [0.3, 0.4) is 0 Å². The summed E-state index contributed by atoms with van der Waals surface area (Å²) in [5, 5.41) is 4.02. The van der Waals surface area contributed by atoms with E-state index in [2.05, 4.69) is 21.2 Å². The monoisotopic (exact) mass is 235 g/mol. The molecule has 0 aliphatic carbocycles. The maximum atomic E-state index is 8.74. The number of rotatable bonds is 2.